The molecule has 0 spiro atoms. The van der Waals surface area contributed by atoms with Crippen molar-refractivity contribution in [3.05, 3.63) is 83.4 Å². The quantitative estimate of drug-likeness (QED) is 0.284. The topological polar surface area (TPSA) is 73.9 Å². The Morgan fingerprint density at radius 2 is 2.06 bits per heavy atom. The number of carbonyl (C=O) groups is 1. The van der Waals surface area contributed by atoms with Gasteiger partial charge in [0.05, 0.1) is 5.71 Å². The molecule has 2 unspecified atom stereocenters. The van der Waals surface area contributed by atoms with E-state index in [0.29, 0.717) is 19.4 Å². The predicted octanol–water partition coefficient (Wildman–Crippen LogP) is 4.68. The average Bonchev–Trinajstić information content (AvgIpc) is 3.24. The average molecular weight is 433 g/mol. The maximum absolute atomic E-state index is 12.4. The molecule has 2 atom stereocenters. The van der Waals surface area contributed by atoms with Crippen LogP contribution in [0.3, 0.4) is 0 Å². The lowest BCUT2D eigenvalue weighted by Crippen LogP contribution is -2.46. The summed E-state index contributed by atoms with van der Waals surface area (Å²) in [6.45, 7) is 4.37. The SMILES string of the molecule is C=CCOC(=O)C1(N)CCC(c2ccc3c(c2)CCC/C3=N\OCCc2ccccc2)C1. The number of ether oxygens (including phenoxy) is 1. The number of oxime groups is 1. The number of benzene rings is 2. The van der Waals surface area contributed by atoms with Gasteiger partial charge in [-0.2, -0.15) is 0 Å². The predicted molar refractivity (Wildman–Crippen MR) is 127 cm³/mol. The summed E-state index contributed by atoms with van der Waals surface area (Å²) in [5.74, 6) is -0.0500. The largest absolute Gasteiger partial charge is 0.460 e. The van der Waals surface area contributed by atoms with Crippen LogP contribution in [0.25, 0.3) is 0 Å². The van der Waals surface area contributed by atoms with Gasteiger partial charge in [-0.3, -0.25) is 4.79 Å². The van der Waals surface area contributed by atoms with Gasteiger partial charge in [-0.15, -0.1) is 0 Å². The van der Waals surface area contributed by atoms with Crippen LogP contribution in [0.5, 0.6) is 0 Å². The lowest BCUT2D eigenvalue weighted by Gasteiger charge is -2.23. The molecule has 1 fully saturated rings. The fourth-order valence-electron chi connectivity index (χ4n) is 4.79. The second-order valence-corrected chi connectivity index (χ2v) is 8.86. The number of nitrogens with zero attached hydrogens (tertiary/aromatic N) is 1. The monoisotopic (exact) mass is 432 g/mol. The number of rotatable bonds is 8. The molecule has 0 radical (unpaired) electrons. The Kier molecular flexibility index (Phi) is 7.05. The van der Waals surface area contributed by atoms with Gasteiger partial charge in [-0.25, -0.2) is 0 Å². The van der Waals surface area contributed by atoms with Crippen molar-refractivity contribution >= 4 is 11.7 Å². The standard InChI is InChI=1S/C27H32N2O3/c1-2-16-31-26(30)27(28)15-13-23(19-27)21-11-12-24-22(18-21)9-6-10-25(24)29-32-17-14-20-7-4-3-5-8-20/h2-5,7-8,11-12,18,23H,1,6,9-10,13-17,19,28H2/b29-25+. The van der Waals surface area contributed by atoms with E-state index in [9.17, 15) is 4.79 Å². The number of carbonyl (C=O) groups excluding carboxylic acids is 1. The fourth-order valence-corrected chi connectivity index (χ4v) is 4.79. The van der Waals surface area contributed by atoms with Crippen molar-refractivity contribution in [2.45, 2.75) is 56.4 Å². The minimum absolute atomic E-state index is 0.205. The molecule has 32 heavy (non-hydrogen) atoms. The second-order valence-electron chi connectivity index (χ2n) is 8.86. The third-order valence-corrected chi connectivity index (χ3v) is 6.56. The number of fused-ring (bicyclic) bond motifs is 1. The van der Waals surface area contributed by atoms with E-state index in [2.05, 4.69) is 42.1 Å². The van der Waals surface area contributed by atoms with Gasteiger partial charge in [0.15, 0.2) is 0 Å². The molecule has 0 aromatic heterocycles. The molecule has 2 aromatic carbocycles. The molecule has 2 aliphatic rings. The van der Waals surface area contributed by atoms with Gasteiger partial charge in [0.25, 0.3) is 0 Å². The summed E-state index contributed by atoms with van der Waals surface area (Å²) < 4.78 is 5.23. The number of aryl methyl sites for hydroxylation is 1. The highest BCUT2D eigenvalue weighted by molar-refractivity contribution is 6.02. The van der Waals surface area contributed by atoms with Crippen molar-refractivity contribution in [2.24, 2.45) is 10.9 Å². The smallest absolute Gasteiger partial charge is 0.326 e. The number of hydrogen-bond donors (Lipinski definition) is 1. The van der Waals surface area contributed by atoms with Crippen LogP contribution in [0.4, 0.5) is 0 Å². The van der Waals surface area contributed by atoms with E-state index in [0.717, 1.165) is 37.8 Å². The van der Waals surface area contributed by atoms with Crippen LogP contribution < -0.4 is 5.73 Å². The highest BCUT2D eigenvalue weighted by Crippen LogP contribution is 2.41. The first-order valence-corrected chi connectivity index (χ1v) is 11.5. The summed E-state index contributed by atoms with van der Waals surface area (Å²) in [6, 6.07) is 16.9. The summed E-state index contributed by atoms with van der Waals surface area (Å²) in [5, 5.41) is 4.47. The van der Waals surface area contributed by atoms with Gasteiger partial charge in [0, 0.05) is 12.0 Å². The normalized spacial score (nSPS) is 23.5. The highest BCUT2D eigenvalue weighted by Gasteiger charge is 2.43. The molecule has 2 aromatic rings. The highest BCUT2D eigenvalue weighted by atomic mass is 16.6. The Labute approximate surface area is 190 Å². The zero-order valence-corrected chi connectivity index (χ0v) is 18.6. The van der Waals surface area contributed by atoms with Crippen LogP contribution in [0.1, 0.15) is 60.3 Å². The van der Waals surface area contributed by atoms with E-state index in [1.807, 2.05) is 18.2 Å². The molecule has 0 saturated heterocycles. The summed E-state index contributed by atoms with van der Waals surface area (Å²) in [7, 11) is 0. The van der Waals surface area contributed by atoms with Crippen molar-refractivity contribution in [1.29, 1.82) is 0 Å². The lowest BCUT2D eigenvalue weighted by molar-refractivity contribution is -0.148. The number of hydrogen-bond acceptors (Lipinski definition) is 5. The van der Waals surface area contributed by atoms with Gasteiger partial charge in [-0.1, -0.05) is 66.3 Å². The van der Waals surface area contributed by atoms with Crippen molar-refractivity contribution in [3.63, 3.8) is 0 Å². The van der Waals surface area contributed by atoms with Crippen LogP contribution in [0.2, 0.25) is 0 Å². The molecule has 5 nitrogen and oxygen atoms in total. The Hall–Kier alpha value is -2.92. The molecular formula is C27H32N2O3. The van der Waals surface area contributed by atoms with Crippen LogP contribution in [-0.2, 0) is 27.2 Å². The molecule has 4 rings (SSSR count). The molecule has 0 heterocycles. The Morgan fingerprint density at radius 3 is 2.88 bits per heavy atom. The van der Waals surface area contributed by atoms with E-state index < -0.39 is 5.54 Å². The first kappa shape index (κ1) is 22.3. The Morgan fingerprint density at radius 1 is 1.22 bits per heavy atom. The molecular weight excluding hydrogens is 400 g/mol. The summed E-state index contributed by atoms with van der Waals surface area (Å²) in [5.41, 5.74) is 11.5. The van der Waals surface area contributed by atoms with Gasteiger partial charge >= 0.3 is 5.97 Å². The van der Waals surface area contributed by atoms with Crippen molar-refractivity contribution in [2.75, 3.05) is 13.2 Å². The minimum atomic E-state index is -0.900. The van der Waals surface area contributed by atoms with E-state index in [-0.39, 0.29) is 18.5 Å². The third-order valence-electron chi connectivity index (χ3n) is 6.56. The third kappa shape index (κ3) is 5.10. The van der Waals surface area contributed by atoms with Crippen LogP contribution >= 0.6 is 0 Å². The first-order valence-electron chi connectivity index (χ1n) is 11.5. The van der Waals surface area contributed by atoms with Crippen LogP contribution in [0, 0.1) is 0 Å². The van der Waals surface area contributed by atoms with Gasteiger partial charge in [0.2, 0.25) is 0 Å². The second kappa shape index (κ2) is 10.1. The van der Waals surface area contributed by atoms with Crippen molar-refractivity contribution in [1.82, 2.24) is 0 Å². The molecule has 1 saturated carbocycles. The Bertz CT molecular complexity index is 986. The summed E-state index contributed by atoms with van der Waals surface area (Å²) in [4.78, 5) is 18.0. The lowest BCUT2D eigenvalue weighted by atomic mass is 9.85. The molecule has 168 valence electrons. The molecule has 2 aliphatic carbocycles. The zero-order chi connectivity index (χ0) is 22.4. The maximum Gasteiger partial charge on any atom is 0.326 e. The minimum Gasteiger partial charge on any atom is -0.460 e. The Balaban J connectivity index is 1.40. The van der Waals surface area contributed by atoms with Gasteiger partial charge in [0.1, 0.15) is 18.8 Å². The van der Waals surface area contributed by atoms with Crippen LogP contribution in [0.15, 0.2) is 66.3 Å². The molecule has 0 aliphatic heterocycles. The van der Waals surface area contributed by atoms with Gasteiger partial charge < -0.3 is 15.3 Å². The summed E-state index contributed by atoms with van der Waals surface area (Å²) in [6.07, 6.45) is 7.61. The maximum atomic E-state index is 12.4. The number of esters is 1. The molecule has 0 bridgehead atoms. The van der Waals surface area contributed by atoms with Gasteiger partial charge in [-0.05, 0) is 61.1 Å². The van der Waals surface area contributed by atoms with E-state index in [4.69, 9.17) is 15.3 Å². The van der Waals surface area contributed by atoms with E-state index in [1.165, 1.54) is 22.3 Å². The summed E-state index contributed by atoms with van der Waals surface area (Å²) >= 11 is 0. The van der Waals surface area contributed by atoms with Crippen molar-refractivity contribution in [3.8, 4) is 0 Å². The number of nitrogens with two attached hydrogens (primary N) is 1. The van der Waals surface area contributed by atoms with E-state index >= 15 is 0 Å². The fraction of sp³-hybridized carbons (Fsp3) is 0.407. The molecule has 2 N–H and O–H groups in total. The van der Waals surface area contributed by atoms with E-state index in [1.54, 1.807) is 6.08 Å². The molecule has 0 amide bonds. The zero-order valence-electron chi connectivity index (χ0n) is 18.6. The van der Waals surface area contributed by atoms with Crippen molar-refractivity contribution < 1.29 is 14.4 Å². The molecule has 5 heteroatoms. The van der Waals surface area contributed by atoms with Crippen LogP contribution in [-0.4, -0.2) is 30.4 Å². The first-order chi connectivity index (χ1) is 15.6.